The van der Waals surface area contributed by atoms with Gasteiger partial charge in [-0.15, -0.1) is 0 Å². The minimum atomic E-state index is -0.811. The van der Waals surface area contributed by atoms with Gasteiger partial charge in [-0.1, -0.05) is 60.1 Å². The Hall–Kier alpha value is -2.91. The first kappa shape index (κ1) is 18.1. The summed E-state index contributed by atoms with van der Waals surface area (Å²) in [5.74, 6) is -0.981. The molecule has 1 saturated heterocycles. The van der Waals surface area contributed by atoms with E-state index in [-0.39, 0.29) is 11.7 Å². The van der Waals surface area contributed by atoms with Crippen molar-refractivity contribution >= 4 is 23.3 Å². The average Bonchev–Trinajstić information content (AvgIpc) is 3.19. The molecule has 2 aliphatic rings. The van der Waals surface area contributed by atoms with Crippen molar-refractivity contribution in [2.24, 2.45) is 0 Å². The highest BCUT2D eigenvalue weighted by Gasteiger charge is 2.55. The van der Waals surface area contributed by atoms with Crippen LogP contribution in [0.5, 0.6) is 0 Å². The fraction of sp³-hybridized carbons (Fsp3) is 0.200. The Morgan fingerprint density at radius 1 is 0.897 bits per heavy atom. The molecule has 1 spiro atoms. The number of benzene rings is 3. The molecule has 0 aromatic heterocycles. The molecule has 3 aromatic rings. The topological polar surface area (TPSA) is 46.2 Å². The van der Waals surface area contributed by atoms with Gasteiger partial charge in [0.25, 0.3) is 0 Å². The first-order valence-corrected chi connectivity index (χ1v) is 10.1. The Kier molecular flexibility index (Phi) is 4.11. The summed E-state index contributed by atoms with van der Waals surface area (Å²) in [5.41, 5.74) is 5.19. The standard InChI is InChI=1S/C25H20ClNO2/c1-15-6-7-17(16-8-10-20(26)11-9-16)12-21(15)22-23(28)25(27-24(22)29)13-18-4-2-3-5-19(18)14-25/h2-12,22H,13-14H2,1H3,(H,27,29). The Balaban J connectivity index is 1.53. The van der Waals surface area contributed by atoms with Crippen molar-refractivity contribution in [2.75, 3.05) is 0 Å². The van der Waals surface area contributed by atoms with E-state index in [4.69, 9.17) is 11.6 Å². The molecule has 1 atom stereocenters. The molecule has 1 unspecified atom stereocenters. The summed E-state index contributed by atoms with van der Waals surface area (Å²) in [7, 11) is 0. The molecule has 1 fully saturated rings. The van der Waals surface area contributed by atoms with Crippen LogP contribution < -0.4 is 5.32 Å². The predicted molar refractivity (Wildman–Crippen MR) is 114 cm³/mol. The summed E-state index contributed by atoms with van der Waals surface area (Å²) in [6, 6.07) is 21.6. The molecule has 5 rings (SSSR count). The van der Waals surface area contributed by atoms with Crippen molar-refractivity contribution in [3.05, 3.63) is 94.0 Å². The van der Waals surface area contributed by atoms with E-state index in [9.17, 15) is 9.59 Å². The highest BCUT2D eigenvalue weighted by molar-refractivity contribution is 6.30. The number of halogens is 1. The second kappa shape index (κ2) is 6.57. The molecule has 3 aromatic carbocycles. The number of amides is 1. The van der Waals surface area contributed by atoms with Gasteiger partial charge in [0.15, 0.2) is 5.78 Å². The van der Waals surface area contributed by atoms with E-state index < -0.39 is 11.5 Å². The Morgan fingerprint density at radius 3 is 2.17 bits per heavy atom. The molecule has 1 heterocycles. The third-order valence-electron chi connectivity index (χ3n) is 6.23. The second-order valence-electron chi connectivity index (χ2n) is 8.07. The van der Waals surface area contributed by atoms with Crippen molar-refractivity contribution in [3.63, 3.8) is 0 Å². The lowest BCUT2D eigenvalue weighted by Gasteiger charge is -2.21. The fourth-order valence-electron chi connectivity index (χ4n) is 4.70. The normalized spacial score (nSPS) is 19.4. The van der Waals surface area contributed by atoms with Gasteiger partial charge in [0.05, 0.1) is 0 Å². The van der Waals surface area contributed by atoms with Gasteiger partial charge in [0, 0.05) is 17.9 Å². The SMILES string of the molecule is Cc1ccc(-c2ccc(Cl)cc2)cc1C1C(=O)NC2(Cc3ccccc3C2)C1=O. The summed E-state index contributed by atoms with van der Waals surface area (Å²) in [5, 5.41) is 3.74. The summed E-state index contributed by atoms with van der Waals surface area (Å²) < 4.78 is 0. The van der Waals surface area contributed by atoms with E-state index in [1.807, 2.05) is 73.7 Å². The highest BCUT2D eigenvalue weighted by Crippen LogP contribution is 2.41. The lowest BCUT2D eigenvalue weighted by Crippen LogP contribution is -2.47. The van der Waals surface area contributed by atoms with E-state index in [0.29, 0.717) is 17.9 Å². The zero-order valence-electron chi connectivity index (χ0n) is 16.0. The van der Waals surface area contributed by atoms with Crippen LogP contribution in [0.2, 0.25) is 5.02 Å². The first-order valence-electron chi connectivity index (χ1n) is 9.76. The van der Waals surface area contributed by atoms with E-state index >= 15 is 0 Å². The van der Waals surface area contributed by atoms with Gasteiger partial charge >= 0.3 is 0 Å². The molecule has 1 amide bonds. The third kappa shape index (κ3) is 2.89. The maximum Gasteiger partial charge on any atom is 0.235 e. The molecule has 0 bridgehead atoms. The van der Waals surface area contributed by atoms with Gasteiger partial charge in [-0.05, 0) is 58.5 Å². The zero-order chi connectivity index (χ0) is 20.2. The predicted octanol–water partition coefficient (Wildman–Crippen LogP) is 4.64. The highest BCUT2D eigenvalue weighted by atomic mass is 35.5. The molecule has 1 aliphatic heterocycles. The summed E-state index contributed by atoms with van der Waals surface area (Å²) >= 11 is 6.01. The molecule has 144 valence electrons. The minimum Gasteiger partial charge on any atom is -0.342 e. The van der Waals surface area contributed by atoms with Crippen LogP contribution in [0.1, 0.15) is 28.2 Å². The number of Topliss-reactive ketones (excluding diaryl/α,β-unsaturated/α-hetero) is 1. The zero-order valence-corrected chi connectivity index (χ0v) is 16.8. The van der Waals surface area contributed by atoms with Crippen LogP contribution in [0.25, 0.3) is 11.1 Å². The Labute approximate surface area is 174 Å². The quantitative estimate of drug-likeness (QED) is 0.636. The maximum absolute atomic E-state index is 13.6. The van der Waals surface area contributed by atoms with Crippen molar-refractivity contribution in [2.45, 2.75) is 31.2 Å². The van der Waals surface area contributed by atoms with Crippen molar-refractivity contribution in [1.82, 2.24) is 5.32 Å². The van der Waals surface area contributed by atoms with E-state index in [0.717, 1.165) is 33.4 Å². The second-order valence-corrected chi connectivity index (χ2v) is 8.51. The van der Waals surface area contributed by atoms with Gasteiger partial charge in [-0.25, -0.2) is 0 Å². The van der Waals surface area contributed by atoms with E-state index in [1.54, 1.807) is 0 Å². The van der Waals surface area contributed by atoms with Crippen LogP contribution in [0.15, 0.2) is 66.7 Å². The Morgan fingerprint density at radius 2 is 1.52 bits per heavy atom. The van der Waals surface area contributed by atoms with Gasteiger partial charge < -0.3 is 5.32 Å². The molecule has 0 radical (unpaired) electrons. The lowest BCUT2D eigenvalue weighted by molar-refractivity contribution is -0.125. The van der Waals surface area contributed by atoms with Gasteiger partial charge in [0.2, 0.25) is 5.91 Å². The van der Waals surface area contributed by atoms with Gasteiger partial charge in [-0.3, -0.25) is 9.59 Å². The number of fused-ring (bicyclic) bond motifs is 1. The number of carbonyl (C=O) groups excluding carboxylic acids is 2. The fourth-order valence-corrected chi connectivity index (χ4v) is 4.82. The number of hydrogen-bond donors (Lipinski definition) is 1. The number of nitrogens with one attached hydrogen (secondary N) is 1. The average molecular weight is 402 g/mol. The van der Waals surface area contributed by atoms with Crippen molar-refractivity contribution in [3.8, 4) is 11.1 Å². The molecule has 29 heavy (non-hydrogen) atoms. The molecule has 4 heteroatoms. The molecule has 1 N–H and O–H groups in total. The van der Waals surface area contributed by atoms with Gasteiger partial charge in [-0.2, -0.15) is 0 Å². The first-order chi connectivity index (χ1) is 14.0. The molecule has 3 nitrogen and oxygen atoms in total. The van der Waals surface area contributed by atoms with Crippen LogP contribution in [-0.2, 0) is 22.4 Å². The maximum atomic E-state index is 13.6. The third-order valence-corrected chi connectivity index (χ3v) is 6.48. The van der Waals surface area contributed by atoms with Gasteiger partial charge in [0.1, 0.15) is 11.5 Å². The van der Waals surface area contributed by atoms with Crippen LogP contribution >= 0.6 is 11.6 Å². The van der Waals surface area contributed by atoms with E-state index in [1.165, 1.54) is 0 Å². The largest absolute Gasteiger partial charge is 0.342 e. The van der Waals surface area contributed by atoms with Crippen LogP contribution in [0, 0.1) is 6.92 Å². The van der Waals surface area contributed by atoms with Crippen LogP contribution in [0.4, 0.5) is 0 Å². The monoisotopic (exact) mass is 401 g/mol. The molecule has 1 aliphatic carbocycles. The number of hydrogen-bond acceptors (Lipinski definition) is 2. The van der Waals surface area contributed by atoms with Crippen molar-refractivity contribution < 1.29 is 9.59 Å². The minimum absolute atomic E-state index is 0.0185. The summed E-state index contributed by atoms with van der Waals surface area (Å²) in [6.07, 6.45) is 1.14. The van der Waals surface area contributed by atoms with Crippen LogP contribution in [0.3, 0.4) is 0 Å². The Bertz CT molecular complexity index is 1120. The summed E-state index contributed by atoms with van der Waals surface area (Å²) in [6.45, 7) is 1.95. The number of ketones is 1. The summed E-state index contributed by atoms with van der Waals surface area (Å²) in [4.78, 5) is 26.5. The number of carbonyl (C=O) groups is 2. The number of aryl methyl sites for hydroxylation is 1. The smallest absolute Gasteiger partial charge is 0.235 e. The molecule has 0 saturated carbocycles. The lowest BCUT2D eigenvalue weighted by atomic mass is 9.83. The molecular formula is C25H20ClNO2. The molecular weight excluding hydrogens is 382 g/mol. The van der Waals surface area contributed by atoms with E-state index in [2.05, 4.69) is 5.32 Å². The van der Waals surface area contributed by atoms with Crippen molar-refractivity contribution in [1.29, 1.82) is 0 Å². The number of rotatable bonds is 2. The van der Waals surface area contributed by atoms with Crippen LogP contribution in [-0.4, -0.2) is 17.2 Å².